The Balaban J connectivity index is 1.47. The Kier molecular flexibility index (Phi) is 4.27. The maximum Gasteiger partial charge on any atom is 0.267 e. The van der Waals surface area contributed by atoms with E-state index < -0.39 is 5.82 Å². The monoisotopic (exact) mass is 377 g/mol. The minimum absolute atomic E-state index is 0.00733. The van der Waals surface area contributed by atoms with E-state index in [4.69, 9.17) is 16.1 Å². The van der Waals surface area contributed by atoms with Crippen molar-refractivity contribution in [3.05, 3.63) is 57.9 Å². The zero-order valence-corrected chi connectivity index (χ0v) is 14.6. The smallest absolute Gasteiger partial charge is 0.267 e. The third-order valence-corrected chi connectivity index (χ3v) is 5.26. The van der Waals surface area contributed by atoms with E-state index in [-0.39, 0.29) is 16.8 Å². The van der Waals surface area contributed by atoms with E-state index >= 15 is 0 Å². The summed E-state index contributed by atoms with van der Waals surface area (Å²) >= 11 is 7.32. The fraction of sp³-hybridized carbons (Fsp3) is 0.235. The molecule has 8 heteroatoms. The first kappa shape index (κ1) is 16.2. The molecular weight excluding hydrogens is 365 g/mol. The Hall–Kier alpha value is -2.25. The van der Waals surface area contributed by atoms with Crippen LogP contribution in [-0.2, 0) is 11.3 Å². The lowest BCUT2D eigenvalue weighted by atomic mass is 10.1. The third-order valence-electron chi connectivity index (χ3n) is 4.11. The van der Waals surface area contributed by atoms with Crippen molar-refractivity contribution < 1.29 is 13.7 Å². The normalized spacial score (nSPS) is 17.4. The predicted octanol–water partition coefficient (Wildman–Crippen LogP) is 4.11. The van der Waals surface area contributed by atoms with Gasteiger partial charge in [-0.05, 0) is 29.1 Å². The topological polar surface area (TPSA) is 59.2 Å². The standard InChI is InChI=1S/C17H13ClFN3O2S/c18-12-6-10(3-4-13(12)19)8-22-9-11(7-15(22)23)16-20-17(24-21-16)14-2-1-5-25-14/h1-6,11H,7-9H2. The second kappa shape index (κ2) is 6.57. The number of halogens is 2. The maximum atomic E-state index is 13.3. The SMILES string of the molecule is O=C1CC(c2noc(-c3cccs3)n2)CN1Cc1ccc(F)c(Cl)c1. The van der Waals surface area contributed by atoms with Crippen molar-refractivity contribution in [1.82, 2.24) is 15.0 Å². The minimum atomic E-state index is -0.469. The molecule has 0 aliphatic carbocycles. The zero-order valence-electron chi connectivity index (χ0n) is 13.0. The van der Waals surface area contributed by atoms with Crippen LogP contribution in [0.3, 0.4) is 0 Å². The zero-order chi connectivity index (χ0) is 17.4. The molecule has 25 heavy (non-hydrogen) atoms. The van der Waals surface area contributed by atoms with E-state index in [1.165, 1.54) is 17.4 Å². The number of likely N-dealkylation sites (tertiary alicyclic amines) is 1. The van der Waals surface area contributed by atoms with E-state index in [0.717, 1.165) is 10.4 Å². The fourth-order valence-electron chi connectivity index (χ4n) is 2.86. The highest BCUT2D eigenvalue weighted by atomic mass is 35.5. The van der Waals surface area contributed by atoms with Gasteiger partial charge in [-0.2, -0.15) is 4.98 Å². The average molecular weight is 378 g/mol. The summed E-state index contributed by atoms with van der Waals surface area (Å²) < 4.78 is 18.6. The van der Waals surface area contributed by atoms with Gasteiger partial charge in [0.25, 0.3) is 5.89 Å². The van der Waals surface area contributed by atoms with E-state index in [1.807, 2.05) is 17.5 Å². The van der Waals surface area contributed by atoms with Crippen LogP contribution in [0.25, 0.3) is 10.8 Å². The molecule has 0 bridgehead atoms. The molecule has 0 spiro atoms. The van der Waals surface area contributed by atoms with Crippen LogP contribution in [-0.4, -0.2) is 27.5 Å². The largest absolute Gasteiger partial charge is 0.338 e. The molecule has 1 aliphatic heterocycles. The molecule has 1 atom stereocenters. The lowest BCUT2D eigenvalue weighted by Crippen LogP contribution is -2.24. The first-order valence-corrected chi connectivity index (χ1v) is 8.95. The van der Waals surface area contributed by atoms with Gasteiger partial charge in [0.1, 0.15) is 5.82 Å². The summed E-state index contributed by atoms with van der Waals surface area (Å²) in [6.07, 6.45) is 0.332. The number of nitrogens with zero attached hydrogens (tertiary/aromatic N) is 3. The highest BCUT2D eigenvalue weighted by molar-refractivity contribution is 7.13. The number of thiophene rings is 1. The second-order valence-corrected chi connectivity index (χ2v) is 7.21. The predicted molar refractivity (Wildman–Crippen MR) is 91.8 cm³/mol. The molecule has 2 aromatic heterocycles. The molecule has 3 heterocycles. The Labute approximate surface area is 152 Å². The van der Waals surface area contributed by atoms with Crippen molar-refractivity contribution in [1.29, 1.82) is 0 Å². The molecule has 0 N–H and O–H groups in total. The number of hydrogen-bond acceptors (Lipinski definition) is 5. The van der Waals surface area contributed by atoms with Crippen LogP contribution >= 0.6 is 22.9 Å². The van der Waals surface area contributed by atoms with Gasteiger partial charge >= 0.3 is 0 Å². The van der Waals surface area contributed by atoms with E-state index in [9.17, 15) is 9.18 Å². The molecule has 5 nitrogen and oxygen atoms in total. The highest BCUT2D eigenvalue weighted by Crippen LogP contribution is 2.30. The van der Waals surface area contributed by atoms with Gasteiger partial charge in [-0.3, -0.25) is 4.79 Å². The van der Waals surface area contributed by atoms with Crippen molar-refractivity contribution >= 4 is 28.8 Å². The van der Waals surface area contributed by atoms with Gasteiger partial charge in [0, 0.05) is 25.4 Å². The quantitative estimate of drug-likeness (QED) is 0.686. The van der Waals surface area contributed by atoms with Gasteiger partial charge in [-0.1, -0.05) is 28.9 Å². The Morgan fingerprint density at radius 3 is 3.04 bits per heavy atom. The molecule has 0 radical (unpaired) electrons. The highest BCUT2D eigenvalue weighted by Gasteiger charge is 2.33. The van der Waals surface area contributed by atoms with Gasteiger partial charge in [0.2, 0.25) is 5.91 Å². The van der Waals surface area contributed by atoms with Gasteiger partial charge in [0.15, 0.2) is 5.82 Å². The van der Waals surface area contributed by atoms with Gasteiger partial charge in [0.05, 0.1) is 9.90 Å². The number of rotatable bonds is 4. The molecule has 1 saturated heterocycles. The Bertz CT molecular complexity index is 913. The molecule has 1 aromatic carbocycles. The van der Waals surface area contributed by atoms with E-state index in [2.05, 4.69) is 10.1 Å². The molecule has 1 amide bonds. The van der Waals surface area contributed by atoms with Gasteiger partial charge in [-0.25, -0.2) is 4.39 Å². The van der Waals surface area contributed by atoms with Crippen molar-refractivity contribution in [2.45, 2.75) is 18.9 Å². The average Bonchev–Trinajstić information content (AvgIpc) is 3.32. The van der Waals surface area contributed by atoms with Crippen LogP contribution in [0.4, 0.5) is 4.39 Å². The lowest BCUT2D eigenvalue weighted by molar-refractivity contribution is -0.128. The summed E-state index contributed by atoms with van der Waals surface area (Å²) in [5, 5.41) is 6.02. The van der Waals surface area contributed by atoms with Crippen LogP contribution in [0.1, 0.15) is 23.7 Å². The number of carbonyl (C=O) groups excluding carboxylic acids is 1. The fourth-order valence-corrected chi connectivity index (χ4v) is 3.71. The summed E-state index contributed by atoms with van der Waals surface area (Å²) in [7, 11) is 0. The molecule has 128 valence electrons. The summed E-state index contributed by atoms with van der Waals surface area (Å²) in [4.78, 5) is 19.3. The van der Waals surface area contributed by atoms with Crippen molar-refractivity contribution in [2.24, 2.45) is 0 Å². The molecule has 1 unspecified atom stereocenters. The van der Waals surface area contributed by atoms with Gasteiger partial charge in [-0.15, -0.1) is 11.3 Å². The third kappa shape index (κ3) is 3.29. The molecule has 1 fully saturated rings. The maximum absolute atomic E-state index is 13.3. The molecule has 0 saturated carbocycles. The molecule has 4 rings (SSSR count). The summed E-state index contributed by atoms with van der Waals surface area (Å²) in [6.45, 7) is 0.877. The molecule has 3 aromatic rings. The van der Waals surface area contributed by atoms with Crippen LogP contribution in [0.2, 0.25) is 5.02 Å². The van der Waals surface area contributed by atoms with Crippen molar-refractivity contribution in [2.75, 3.05) is 6.54 Å². The van der Waals surface area contributed by atoms with Crippen molar-refractivity contribution in [3.8, 4) is 10.8 Å². The second-order valence-electron chi connectivity index (χ2n) is 5.86. The number of hydrogen-bond donors (Lipinski definition) is 0. The Morgan fingerprint density at radius 1 is 1.40 bits per heavy atom. The minimum Gasteiger partial charge on any atom is -0.338 e. The van der Waals surface area contributed by atoms with Crippen molar-refractivity contribution in [3.63, 3.8) is 0 Å². The van der Waals surface area contributed by atoms with Crippen LogP contribution < -0.4 is 0 Å². The van der Waals surface area contributed by atoms with Gasteiger partial charge < -0.3 is 9.42 Å². The van der Waals surface area contributed by atoms with Crippen LogP contribution in [0.5, 0.6) is 0 Å². The first-order valence-electron chi connectivity index (χ1n) is 7.69. The van der Waals surface area contributed by atoms with Crippen LogP contribution in [0, 0.1) is 5.82 Å². The lowest BCUT2D eigenvalue weighted by Gasteiger charge is -2.16. The molecule has 1 aliphatic rings. The summed E-state index contributed by atoms with van der Waals surface area (Å²) in [5.74, 6) is 0.440. The number of amides is 1. The number of aromatic nitrogens is 2. The first-order chi connectivity index (χ1) is 12.1. The van der Waals surface area contributed by atoms with Crippen LogP contribution in [0.15, 0.2) is 40.2 Å². The van der Waals surface area contributed by atoms with E-state index in [1.54, 1.807) is 17.0 Å². The number of benzene rings is 1. The Morgan fingerprint density at radius 2 is 2.28 bits per heavy atom. The number of carbonyl (C=O) groups is 1. The van der Waals surface area contributed by atoms with E-state index in [0.29, 0.717) is 31.2 Å². The summed E-state index contributed by atoms with van der Waals surface area (Å²) in [5.41, 5.74) is 0.785. The molecular formula is C17H13ClFN3O2S. The summed E-state index contributed by atoms with van der Waals surface area (Å²) in [6, 6.07) is 8.30.